The minimum absolute atomic E-state index is 0.00639. The Bertz CT molecular complexity index is 882. The van der Waals surface area contributed by atoms with Crippen LogP contribution < -0.4 is 0 Å². The molecular weight excluding hydrogens is 352 g/mol. The Labute approximate surface area is 164 Å². The van der Waals surface area contributed by atoms with Crippen molar-refractivity contribution in [3.63, 3.8) is 0 Å². The number of likely N-dealkylation sites (tertiary alicyclic amines) is 2. The maximum atomic E-state index is 13.1. The van der Waals surface area contributed by atoms with Crippen LogP contribution in [0.3, 0.4) is 0 Å². The van der Waals surface area contributed by atoms with Crippen LogP contribution in [0.4, 0.5) is 0 Å². The second kappa shape index (κ2) is 6.97. The third-order valence-electron chi connectivity index (χ3n) is 6.50. The molecule has 0 saturated carbocycles. The Hall–Kier alpha value is -2.82. The van der Waals surface area contributed by atoms with Gasteiger partial charge in [-0.1, -0.05) is 42.5 Å². The number of carbonyl (C=O) groups excluding carboxylic acids is 2. The van der Waals surface area contributed by atoms with Crippen LogP contribution in [-0.4, -0.2) is 41.2 Å². The van der Waals surface area contributed by atoms with Gasteiger partial charge < -0.3 is 14.2 Å². The molecule has 5 rings (SSSR count). The summed E-state index contributed by atoms with van der Waals surface area (Å²) in [4.78, 5) is 30.1. The summed E-state index contributed by atoms with van der Waals surface area (Å²) in [5.41, 5.74) is 1.73. The molecule has 2 aliphatic heterocycles. The lowest BCUT2D eigenvalue weighted by Crippen LogP contribution is -2.39. The van der Waals surface area contributed by atoms with E-state index in [1.807, 2.05) is 28.0 Å². The lowest BCUT2D eigenvalue weighted by Gasteiger charge is -2.30. The Morgan fingerprint density at radius 3 is 2.46 bits per heavy atom. The van der Waals surface area contributed by atoms with E-state index in [4.69, 9.17) is 4.42 Å². The number of amides is 2. The van der Waals surface area contributed by atoms with E-state index < -0.39 is 0 Å². The third-order valence-corrected chi connectivity index (χ3v) is 6.50. The number of furan rings is 1. The van der Waals surface area contributed by atoms with Crippen LogP contribution in [0.25, 0.3) is 0 Å². The largest absolute Gasteiger partial charge is 0.472 e. The molecule has 0 radical (unpaired) electrons. The molecule has 0 N–H and O–H groups in total. The number of rotatable bonds is 3. The minimum Gasteiger partial charge on any atom is -0.472 e. The van der Waals surface area contributed by atoms with Crippen molar-refractivity contribution in [2.75, 3.05) is 19.6 Å². The highest BCUT2D eigenvalue weighted by atomic mass is 16.3. The summed E-state index contributed by atoms with van der Waals surface area (Å²) in [6.07, 6.45) is 8.99. The SMILES string of the molecule is O=C(C1CC=CC1)N1C[C@H]2CN(C(=O)c3ccoc3)[C@H](c3ccccc3)[C@H]2C1. The number of hydrogen-bond donors (Lipinski definition) is 0. The van der Waals surface area contributed by atoms with E-state index in [0.29, 0.717) is 18.0 Å². The van der Waals surface area contributed by atoms with Gasteiger partial charge >= 0.3 is 0 Å². The van der Waals surface area contributed by atoms with Crippen molar-refractivity contribution in [2.24, 2.45) is 17.8 Å². The maximum absolute atomic E-state index is 13.1. The normalized spacial score (nSPS) is 26.8. The van der Waals surface area contributed by atoms with Gasteiger partial charge in [-0.2, -0.15) is 0 Å². The second-order valence-corrected chi connectivity index (χ2v) is 8.13. The molecule has 5 heteroatoms. The Morgan fingerprint density at radius 1 is 0.964 bits per heavy atom. The molecule has 144 valence electrons. The van der Waals surface area contributed by atoms with Gasteiger partial charge in [-0.05, 0) is 24.5 Å². The predicted octanol–water partition coefficient (Wildman–Crippen LogP) is 3.52. The van der Waals surface area contributed by atoms with Crippen molar-refractivity contribution in [3.8, 4) is 0 Å². The summed E-state index contributed by atoms with van der Waals surface area (Å²) >= 11 is 0. The smallest absolute Gasteiger partial charge is 0.257 e. The van der Waals surface area contributed by atoms with E-state index in [2.05, 4.69) is 24.3 Å². The van der Waals surface area contributed by atoms with Crippen molar-refractivity contribution < 1.29 is 14.0 Å². The van der Waals surface area contributed by atoms with E-state index in [0.717, 1.165) is 31.5 Å². The van der Waals surface area contributed by atoms with Gasteiger partial charge in [0.1, 0.15) is 6.26 Å². The van der Waals surface area contributed by atoms with Gasteiger partial charge in [-0.15, -0.1) is 0 Å². The molecule has 3 heterocycles. The fourth-order valence-corrected chi connectivity index (χ4v) is 5.14. The third kappa shape index (κ3) is 2.86. The van der Waals surface area contributed by atoms with Gasteiger partial charge in [0, 0.05) is 37.4 Å². The number of benzene rings is 1. The molecule has 0 spiro atoms. The fraction of sp³-hybridized carbons (Fsp3) is 0.391. The highest BCUT2D eigenvalue weighted by molar-refractivity contribution is 5.94. The van der Waals surface area contributed by atoms with Crippen molar-refractivity contribution in [1.82, 2.24) is 9.80 Å². The van der Waals surface area contributed by atoms with E-state index in [1.165, 1.54) is 12.5 Å². The molecule has 1 aromatic carbocycles. The van der Waals surface area contributed by atoms with Gasteiger partial charge in [0.15, 0.2) is 0 Å². The van der Waals surface area contributed by atoms with Gasteiger partial charge in [-0.25, -0.2) is 0 Å². The van der Waals surface area contributed by atoms with Crippen LogP contribution in [0, 0.1) is 17.8 Å². The van der Waals surface area contributed by atoms with Crippen molar-refractivity contribution >= 4 is 11.8 Å². The summed E-state index contributed by atoms with van der Waals surface area (Å²) in [5.74, 6) is 0.988. The number of allylic oxidation sites excluding steroid dienone is 2. The maximum Gasteiger partial charge on any atom is 0.257 e. The molecule has 3 aliphatic rings. The molecule has 2 fully saturated rings. The number of nitrogens with zero attached hydrogens (tertiary/aromatic N) is 2. The lowest BCUT2D eigenvalue weighted by atomic mass is 9.89. The first-order valence-electron chi connectivity index (χ1n) is 10.0. The quantitative estimate of drug-likeness (QED) is 0.770. The Balaban J connectivity index is 1.41. The summed E-state index contributed by atoms with van der Waals surface area (Å²) < 4.78 is 5.13. The van der Waals surface area contributed by atoms with Crippen LogP contribution in [0.2, 0.25) is 0 Å². The number of carbonyl (C=O) groups is 2. The zero-order valence-corrected chi connectivity index (χ0v) is 15.7. The second-order valence-electron chi connectivity index (χ2n) is 8.13. The lowest BCUT2D eigenvalue weighted by molar-refractivity contribution is -0.134. The van der Waals surface area contributed by atoms with Gasteiger partial charge in [0.2, 0.25) is 5.91 Å². The molecule has 3 atom stereocenters. The molecule has 2 amide bonds. The van der Waals surface area contributed by atoms with Crippen LogP contribution in [0.5, 0.6) is 0 Å². The van der Waals surface area contributed by atoms with Gasteiger partial charge in [0.05, 0.1) is 17.9 Å². The first-order valence-corrected chi connectivity index (χ1v) is 10.0. The summed E-state index contributed by atoms with van der Waals surface area (Å²) in [7, 11) is 0. The molecule has 0 unspecified atom stereocenters. The van der Waals surface area contributed by atoms with Crippen molar-refractivity contribution in [3.05, 3.63) is 72.2 Å². The van der Waals surface area contributed by atoms with Crippen LogP contribution in [0.1, 0.15) is 34.8 Å². The molecule has 1 aromatic heterocycles. The topological polar surface area (TPSA) is 53.8 Å². The zero-order valence-electron chi connectivity index (χ0n) is 15.7. The summed E-state index contributed by atoms with van der Waals surface area (Å²) in [6.45, 7) is 2.16. The van der Waals surface area contributed by atoms with Crippen LogP contribution in [0.15, 0.2) is 65.5 Å². The van der Waals surface area contributed by atoms with Crippen molar-refractivity contribution in [2.45, 2.75) is 18.9 Å². The Kier molecular flexibility index (Phi) is 4.30. The average molecular weight is 376 g/mol. The first kappa shape index (κ1) is 17.3. The summed E-state index contributed by atoms with van der Waals surface area (Å²) in [5, 5.41) is 0. The molecule has 2 saturated heterocycles. The van der Waals surface area contributed by atoms with Gasteiger partial charge in [-0.3, -0.25) is 9.59 Å². The van der Waals surface area contributed by atoms with E-state index in [9.17, 15) is 9.59 Å². The monoisotopic (exact) mass is 376 g/mol. The van der Waals surface area contributed by atoms with Crippen molar-refractivity contribution in [1.29, 1.82) is 0 Å². The average Bonchev–Trinajstić information content (AvgIpc) is 3.51. The zero-order chi connectivity index (χ0) is 19.1. The first-order chi connectivity index (χ1) is 13.7. The molecule has 0 bridgehead atoms. The van der Waals surface area contributed by atoms with E-state index in [1.54, 1.807) is 6.07 Å². The van der Waals surface area contributed by atoms with Crippen LogP contribution in [-0.2, 0) is 4.79 Å². The standard InChI is InChI=1S/C23H24N2O3/c26-22(17-8-4-5-9-17)24-12-19-13-25(23(27)18-10-11-28-15-18)21(20(19)14-24)16-6-2-1-3-7-16/h1-7,10-11,15,17,19-21H,8-9,12-14H2/t19-,20-,21+/m0/s1. The fourth-order valence-electron chi connectivity index (χ4n) is 5.14. The number of hydrogen-bond acceptors (Lipinski definition) is 3. The van der Waals surface area contributed by atoms with Crippen LogP contribution >= 0.6 is 0 Å². The molecule has 1 aliphatic carbocycles. The van der Waals surface area contributed by atoms with Gasteiger partial charge in [0.25, 0.3) is 5.91 Å². The predicted molar refractivity (Wildman–Crippen MR) is 104 cm³/mol. The van der Waals surface area contributed by atoms with E-state index in [-0.39, 0.29) is 29.7 Å². The molecule has 2 aromatic rings. The summed E-state index contributed by atoms with van der Waals surface area (Å²) in [6, 6.07) is 11.9. The molecule has 5 nitrogen and oxygen atoms in total. The Morgan fingerprint density at radius 2 is 1.75 bits per heavy atom. The highest BCUT2D eigenvalue weighted by Crippen LogP contribution is 2.46. The highest BCUT2D eigenvalue weighted by Gasteiger charge is 2.50. The molecular formula is C23H24N2O3. The minimum atomic E-state index is -0.00639. The number of fused-ring (bicyclic) bond motifs is 1. The molecule has 28 heavy (non-hydrogen) atoms. The van der Waals surface area contributed by atoms with E-state index >= 15 is 0 Å².